The Bertz CT molecular complexity index is 925. The second-order valence-electron chi connectivity index (χ2n) is 6.82. The number of nitrogens with zero attached hydrogens (tertiary/aromatic N) is 1. The first kappa shape index (κ1) is 23.6. The Morgan fingerprint density at radius 1 is 0.903 bits per heavy atom. The fourth-order valence-electron chi connectivity index (χ4n) is 2.95. The van der Waals surface area contributed by atoms with Crippen LogP contribution in [0.5, 0.6) is 0 Å². The Morgan fingerprint density at radius 2 is 1.42 bits per heavy atom. The quantitative estimate of drug-likeness (QED) is 0.286. The van der Waals surface area contributed by atoms with Crippen molar-refractivity contribution in [3.8, 4) is 11.1 Å². The highest BCUT2D eigenvalue weighted by Crippen LogP contribution is 2.21. The summed E-state index contributed by atoms with van der Waals surface area (Å²) in [4.78, 5) is 49.4. The van der Waals surface area contributed by atoms with Crippen LogP contribution in [0.1, 0.15) is 34.1 Å². The zero-order valence-corrected chi connectivity index (χ0v) is 17.6. The van der Waals surface area contributed by atoms with Crippen LogP contribution < -0.4 is 16.1 Å². The third-order valence-corrected chi connectivity index (χ3v) is 4.71. The molecule has 4 N–H and O–H groups in total. The first-order valence-corrected chi connectivity index (χ1v) is 9.75. The lowest BCUT2D eigenvalue weighted by atomic mass is 10.0. The monoisotopic (exact) mass is 426 g/mol. The molecule has 0 spiro atoms. The Balaban J connectivity index is 2.17. The predicted molar refractivity (Wildman–Crippen MR) is 114 cm³/mol. The first-order valence-electron chi connectivity index (χ1n) is 9.75. The second kappa shape index (κ2) is 10.9. The van der Waals surface area contributed by atoms with E-state index in [1.165, 1.54) is 19.6 Å². The number of hydrogen-bond donors (Lipinski definition) is 4. The maximum atomic E-state index is 12.7. The standard InChI is InChI=1S/C22H26N4O5/c1-4-13-24-19(27)16-9-5-14(6-10-16)15-7-11-17(12-8-15)22(30)26(3)18(20(28)23-2)21(29)25-31/h5-12,18,31H,4,13H2,1-3H3,(H,23,28)(H,24,27)(H,25,29). The average Bonchev–Trinajstić information content (AvgIpc) is 2.81. The van der Waals surface area contributed by atoms with E-state index in [4.69, 9.17) is 5.21 Å². The van der Waals surface area contributed by atoms with Gasteiger partial charge in [-0.25, -0.2) is 5.48 Å². The van der Waals surface area contributed by atoms with Gasteiger partial charge in [0.15, 0.2) is 6.04 Å². The minimum Gasteiger partial charge on any atom is -0.357 e. The van der Waals surface area contributed by atoms with Gasteiger partial charge >= 0.3 is 0 Å². The summed E-state index contributed by atoms with van der Waals surface area (Å²) in [5.41, 5.74) is 3.92. The first-order chi connectivity index (χ1) is 14.8. The molecule has 0 radical (unpaired) electrons. The van der Waals surface area contributed by atoms with Gasteiger partial charge in [0.1, 0.15) is 0 Å². The maximum absolute atomic E-state index is 12.7. The second-order valence-corrected chi connectivity index (χ2v) is 6.82. The number of benzene rings is 2. The van der Waals surface area contributed by atoms with Crippen molar-refractivity contribution in [1.29, 1.82) is 0 Å². The Labute approximate surface area is 180 Å². The molecule has 164 valence electrons. The van der Waals surface area contributed by atoms with E-state index in [0.717, 1.165) is 22.4 Å². The topological polar surface area (TPSA) is 128 Å². The third-order valence-electron chi connectivity index (χ3n) is 4.71. The number of carbonyl (C=O) groups is 4. The lowest BCUT2D eigenvalue weighted by Gasteiger charge is -2.25. The molecular weight excluding hydrogens is 400 g/mol. The third kappa shape index (κ3) is 5.67. The molecule has 0 aliphatic carbocycles. The molecule has 0 aromatic heterocycles. The van der Waals surface area contributed by atoms with Crippen molar-refractivity contribution in [3.05, 3.63) is 59.7 Å². The number of hydroxylamine groups is 1. The smallest absolute Gasteiger partial charge is 0.275 e. The van der Waals surface area contributed by atoms with Gasteiger partial charge in [0, 0.05) is 31.8 Å². The molecule has 2 aromatic carbocycles. The van der Waals surface area contributed by atoms with E-state index < -0.39 is 23.8 Å². The summed E-state index contributed by atoms with van der Waals surface area (Å²) < 4.78 is 0. The molecule has 1 unspecified atom stereocenters. The molecule has 1 atom stereocenters. The highest BCUT2D eigenvalue weighted by Gasteiger charge is 2.33. The van der Waals surface area contributed by atoms with E-state index in [0.29, 0.717) is 12.1 Å². The Hall–Kier alpha value is -3.72. The number of rotatable bonds is 8. The molecule has 2 aromatic rings. The van der Waals surface area contributed by atoms with Crippen LogP contribution in [0.4, 0.5) is 0 Å². The van der Waals surface area contributed by atoms with Gasteiger partial charge in [0.05, 0.1) is 0 Å². The lowest BCUT2D eigenvalue weighted by Crippen LogP contribution is -2.54. The van der Waals surface area contributed by atoms with Crippen molar-refractivity contribution in [3.63, 3.8) is 0 Å². The van der Waals surface area contributed by atoms with E-state index in [-0.39, 0.29) is 11.5 Å². The normalized spacial score (nSPS) is 11.2. The van der Waals surface area contributed by atoms with E-state index in [1.54, 1.807) is 36.4 Å². The van der Waals surface area contributed by atoms with Crippen molar-refractivity contribution in [2.75, 3.05) is 20.6 Å². The van der Waals surface area contributed by atoms with E-state index in [2.05, 4.69) is 10.6 Å². The van der Waals surface area contributed by atoms with Crippen LogP contribution in [0.25, 0.3) is 11.1 Å². The number of amides is 4. The molecule has 0 saturated heterocycles. The van der Waals surface area contributed by atoms with E-state index >= 15 is 0 Å². The number of nitrogens with one attached hydrogen (secondary N) is 3. The molecule has 0 bridgehead atoms. The maximum Gasteiger partial charge on any atom is 0.275 e. The number of likely N-dealkylation sites (N-methyl/N-ethyl adjacent to an activating group) is 2. The zero-order chi connectivity index (χ0) is 23.0. The SMILES string of the molecule is CCCNC(=O)c1ccc(-c2ccc(C(=O)N(C)C(C(=O)NC)C(=O)NO)cc2)cc1. The summed E-state index contributed by atoms with van der Waals surface area (Å²) in [6.45, 7) is 2.60. The van der Waals surface area contributed by atoms with Gasteiger partial charge in [-0.2, -0.15) is 0 Å². The number of hydrogen-bond acceptors (Lipinski definition) is 5. The highest BCUT2D eigenvalue weighted by atomic mass is 16.5. The number of carbonyl (C=O) groups excluding carboxylic acids is 4. The lowest BCUT2D eigenvalue weighted by molar-refractivity contribution is -0.140. The fraction of sp³-hybridized carbons (Fsp3) is 0.273. The molecule has 2 rings (SSSR count). The van der Waals surface area contributed by atoms with Gasteiger partial charge in [0.2, 0.25) is 0 Å². The predicted octanol–water partition coefficient (Wildman–Crippen LogP) is 1.19. The van der Waals surface area contributed by atoms with Crippen LogP contribution in [-0.2, 0) is 9.59 Å². The van der Waals surface area contributed by atoms with E-state index in [1.807, 2.05) is 19.1 Å². The summed E-state index contributed by atoms with van der Waals surface area (Å²) in [5, 5.41) is 14.0. The van der Waals surface area contributed by atoms with Gasteiger partial charge in [-0.1, -0.05) is 31.2 Å². The van der Waals surface area contributed by atoms with Crippen LogP contribution in [-0.4, -0.2) is 60.4 Å². The summed E-state index contributed by atoms with van der Waals surface area (Å²) in [6, 6.07) is 12.2. The average molecular weight is 426 g/mol. The summed E-state index contributed by atoms with van der Waals surface area (Å²) in [7, 11) is 2.62. The summed E-state index contributed by atoms with van der Waals surface area (Å²) in [6.07, 6.45) is 0.860. The minimum atomic E-state index is -1.52. The van der Waals surface area contributed by atoms with Crippen LogP contribution in [0.2, 0.25) is 0 Å². The van der Waals surface area contributed by atoms with Gasteiger partial charge in [-0.3, -0.25) is 24.4 Å². The molecule has 0 saturated carbocycles. The molecule has 0 fully saturated rings. The largest absolute Gasteiger partial charge is 0.357 e. The molecule has 0 heterocycles. The van der Waals surface area contributed by atoms with Gasteiger partial charge in [0.25, 0.3) is 23.6 Å². The van der Waals surface area contributed by atoms with Gasteiger partial charge in [-0.05, 0) is 41.8 Å². The molecule has 0 aliphatic rings. The summed E-state index contributed by atoms with van der Waals surface area (Å²) in [5.74, 6) is -2.45. The van der Waals surface area contributed by atoms with E-state index in [9.17, 15) is 19.2 Å². The summed E-state index contributed by atoms with van der Waals surface area (Å²) >= 11 is 0. The van der Waals surface area contributed by atoms with Crippen LogP contribution in [0.3, 0.4) is 0 Å². The van der Waals surface area contributed by atoms with Crippen LogP contribution in [0, 0.1) is 0 Å². The van der Waals surface area contributed by atoms with Crippen molar-refractivity contribution in [2.45, 2.75) is 19.4 Å². The van der Waals surface area contributed by atoms with Gasteiger partial charge in [-0.15, -0.1) is 0 Å². The Kier molecular flexibility index (Phi) is 8.27. The van der Waals surface area contributed by atoms with Crippen LogP contribution in [0.15, 0.2) is 48.5 Å². The van der Waals surface area contributed by atoms with Crippen molar-refractivity contribution in [1.82, 2.24) is 21.0 Å². The Morgan fingerprint density at radius 3 is 1.87 bits per heavy atom. The van der Waals surface area contributed by atoms with Crippen molar-refractivity contribution >= 4 is 23.6 Å². The molecule has 9 nitrogen and oxygen atoms in total. The highest BCUT2D eigenvalue weighted by molar-refractivity contribution is 6.08. The van der Waals surface area contributed by atoms with Gasteiger partial charge < -0.3 is 15.5 Å². The molecule has 0 aliphatic heterocycles. The molecule has 31 heavy (non-hydrogen) atoms. The molecule has 9 heteroatoms. The molecular formula is C22H26N4O5. The fourth-order valence-corrected chi connectivity index (χ4v) is 2.95. The van der Waals surface area contributed by atoms with Crippen LogP contribution >= 0.6 is 0 Å². The van der Waals surface area contributed by atoms with Crippen molar-refractivity contribution in [2.24, 2.45) is 0 Å². The molecule has 4 amide bonds. The minimum absolute atomic E-state index is 0.130. The van der Waals surface area contributed by atoms with Crippen molar-refractivity contribution < 1.29 is 24.4 Å². The zero-order valence-electron chi connectivity index (χ0n) is 17.6.